The van der Waals surface area contributed by atoms with Gasteiger partial charge in [0.25, 0.3) is 5.91 Å². The van der Waals surface area contributed by atoms with E-state index >= 15 is 0 Å². The zero-order valence-corrected chi connectivity index (χ0v) is 16.2. The van der Waals surface area contributed by atoms with Gasteiger partial charge >= 0.3 is 6.03 Å². The Hall–Kier alpha value is -3.20. The molecule has 2 N–H and O–H groups in total. The molecule has 0 radical (unpaired) electrons. The normalized spacial score (nSPS) is 19.3. The van der Waals surface area contributed by atoms with Crippen LogP contribution in [-0.2, 0) is 9.59 Å². The largest absolute Gasteiger partial charge is 0.325 e. The molecule has 3 heterocycles. The Kier molecular flexibility index (Phi) is 4.38. The van der Waals surface area contributed by atoms with Crippen molar-refractivity contribution in [1.82, 2.24) is 19.6 Å². The van der Waals surface area contributed by atoms with E-state index in [0.29, 0.717) is 12.1 Å². The van der Waals surface area contributed by atoms with Crippen molar-refractivity contribution in [2.75, 3.05) is 11.9 Å². The van der Waals surface area contributed by atoms with Crippen molar-refractivity contribution in [3.8, 4) is 11.3 Å². The fourth-order valence-corrected chi connectivity index (χ4v) is 3.77. The number of nitrogens with zero attached hydrogens (tertiary/aromatic N) is 3. The number of nitrogens with one attached hydrogen (secondary N) is 2. The van der Waals surface area contributed by atoms with Gasteiger partial charge in [-0.1, -0.05) is 19.1 Å². The van der Waals surface area contributed by atoms with Crippen LogP contribution in [0.25, 0.3) is 16.2 Å². The second-order valence-corrected chi connectivity index (χ2v) is 7.72. The highest BCUT2D eigenvalue weighted by atomic mass is 32.1. The minimum atomic E-state index is -0.947. The number of hydrogen-bond donors (Lipinski definition) is 2. The fourth-order valence-electron chi connectivity index (χ4n) is 3.07. The Morgan fingerprint density at radius 2 is 2.04 bits per heavy atom. The second-order valence-electron chi connectivity index (χ2n) is 6.85. The summed E-state index contributed by atoms with van der Waals surface area (Å²) in [7, 11) is 0. The minimum Gasteiger partial charge on any atom is -0.325 e. The van der Waals surface area contributed by atoms with Gasteiger partial charge in [0.15, 0.2) is 4.96 Å². The fraction of sp³-hybridized carbons (Fsp3) is 0.263. The van der Waals surface area contributed by atoms with E-state index in [2.05, 4.69) is 15.6 Å². The zero-order chi connectivity index (χ0) is 19.9. The summed E-state index contributed by atoms with van der Waals surface area (Å²) in [5.74, 6) is -0.815. The molecule has 28 heavy (non-hydrogen) atoms. The molecule has 8 nitrogen and oxygen atoms in total. The molecule has 1 aromatic carbocycles. The van der Waals surface area contributed by atoms with Crippen LogP contribution in [0.1, 0.15) is 20.3 Å². The van der Waals surface area contributed by atoms with Crippen LogP contribution in [0.5, 0.6) is 0 Å². The monoisotopic (exact) mass is 397 g/mol. The Labute approximate surface area is 165 Å². The van der Waals surface area contributed by atoms with Crippen molar-refractivity contribution in [2.24, 2.45) is 0 Å². The van der Waals surface area contributed by atoms with E-state index in [9.17, 15) is 14.4 Å². The molecule has 0 spiro atoms. The van der Waals surface area contributed by atoms with Gasteiger partial charge in [-0.15, -0.1) is 11.3 Å². The van der Waals surface area contributed by atoms with Crippen LogP contribution in [-0.4, -0.2) is 44.2 Å². The number of urea groups is 1. The van der Waals surface area contributed by atoms with Gasteiger partial charge in [-0.05, 0) is 25.5 Å². The van der Waals surface area contributed by atoms with Crippen LogP contribution in [0.2, 0.25) is 0 Å². The summed E-state index contributed by atoms with van der Waals surface area (Å²) in [6.07, 6.45) is 4.36. The summed E-state index contributed by atoms with van der Waals surface area (Å²) in [6.45, 7) is 3.15. The lowest BCUT2D eigenvalue weighted by Gasteiger charge is -2.19. The lowest BCUT2D eigenvalue weighted by Crippen LogP contribution is -2.44. The van der Waals surface area contributed by atoms with E-state index in [1.807, 2.05) is 41.2 Å². The molecular formula is C19H19N5O3S. The Bertz CT molecular complexity index is 1040. The second kappa shape index (κ2) is 6.75. The van der Waals surface area contributed by atoms with Crippen molar-refractivity contribution in [1.29, 1.82) is 0 Å². The van der Waals surface area contributed by atoms with Gasteiger partial charge < -0.3 is 10.6 Å². The highest BCUT2D eigenvalue weighted by Crippen LogP contribution is 2.24. The molecule has 1 aliphatic rings. The van der Waals surface area contributed by atoms with E-state index in [1.165, 1.54) is 0 Å². The molecule has 0 aliphatic carbocycles. The number of hydrogen-bond acceptors (Lipinski definition) is 5. The molecular weight excluding hydrogens is 378 g/mol. The van der Waals surface area contributed by atoms with Crippen molar-refractivity contribution in [2.45, 2.75) is 25.8 Å². The smallest absolute Gasteiger partial charge is 0.325 e. The first kappa shape index (κ1) is 18.2. The van der Waals surface area contributed by atoms with Gasteiger partial charge in [-0.2, -0.15) is 0 Å². The van der Waals surface area contributed by atoms with Crippen LogP contribution >= 0.6 is 11.3 Å². The molecule has 0 bridgehead atoms. The van der Waals surface area contributed by atoms with E-state index in [-0.39, 0.29) is 12.5 Å². The summed E-state index contributed by atoms with van der Waals surface area (Å²) in [4.78, 5) is 43.1. The van der Waals surface area contributed by atoms with Gasteiger partial charge in [0.05, 0.1) is 5.69 Å². The molecule has 4 rings (SSSR count). The predicted octanol–water partition coefficient (Wildman–Crippen LogP) is 2.72. The number of fused-ring (bicyclic) bond motifs is 1. The maximum Gasteiger partial charge on any atom is 0.325 e. The lowest BCUT2D eigenvalue weighted by molar-refractivity contribution is -0.133. The quantitative estimate of drug-likeness (QED) is 0.647. The molecule has 1 saturated heterocycles. The van der Waals surface area contributed by atoms with E-state index < -0.39 is 17.5 Å². The predicted molar refractivity (Wildman–Crippen MR) is 106 cm³/mol. The van der Waals surface area contributed by atoms with Crippen molar-refractivity contribution < 1.29 is 14.4 Å². The standard InChI is InChI=1S/C19H19N5O3S/c1-3-19(2)16(26)24(17(27)22-19)11-15(25)20-13-6-4-12(5-7-13)14-10-23-8-9-28-18(23)21-14/h4-10H,3,11H2,1-2H3,(H,20,25)(H,22,27)/t19-/m1/s1. The Morgan fingerprint density at radius 3 is 2.68 bits per heavy atom. The first-order chi connectivity index (χ1) is 13.4. The molecule has 0 unspecified atom stereocenters. The first-order valence-electron chi connectivity index (χ1n) is 8.86. The number of thiazole rings is 1. The zero-order valence-electron chi connectivity index (χ0n) is 15.4. The number of imidazole rings is 1. The number of amides is 4. The van der Waals surface area contributed by atoms with Gasteiger partial charge in [-0.3, -0.25) is 18.9 Å². The van der Waals surface area contributed by atoms with Crippen molar-refractivity contribution in [3.63, 3.8) is 0 Å². The number of aromatic nitrogens is 2. The average Bonchev–Trinajstić information content (AvgIpc) is 3.32. The molecule has 9 heteroatoms. The van der Waals surface area contributed by atoms with E-state index in [0.717, 1.165) is 21.1 Å². The highest BCUT2D eigenvalue weighted by Gasteiger charge is 2.46. The van der Waals surface area contributed by atoms with Gasteiger partial charge in [-0.25, -0.2) is 9.78 Å². The van der Waals surface area contributed by atoms with Crippen LogP contribution in [0, 0.1) is 0 Å². The third kappa shape index (κ3) is 3.13. The Balaban J connectivity index is 1.42. The maximum atomic E-state index is 12.4. The third-order valence-corrected chi connectivity index (χ3v) is 5.68. The SMILES string of the molecule is CC[C@@]1(C)NC(=O)N(CC(=O)Nc2ccc(-c3cn4ccsc4n3)cc2)C1=O. The average molecular weight is 397 g/mol. The highest BCUT2D eigenvalue weighted by molar-refractivity contribution is 7.15. The molecule has 1 fully saturated rings. The molecule has 1 aliphatic heterocycles. The lowest BCUT2D eigenvalue weighted by atomic mass is 9.99. The summed E-state index contributed by atoms with van der Waals surface area (Å²) in [5, 5.41) is 7.32. The number of benzene rings is 1. The maximum absolute atomic E-state index is 12.4. The number of imide groups is 1. The molecule has 0 saturated carbocycles. The molecule has 1 atom stereocenters. The van der Waals surface area contributed by atoms with Crippen LogP contribution in [0.15, 0.2) is 42.0 Å². The number of anilines is 1. The number of carbonyl (C=O) groups is 3. The van der Waals surface area contributed by atoms with Gasteiger partial charge in [0.2, 0.25) is 5.91 Å². The molecule has 3 aromatic rings. The summed E-state index contributed by atoms with van der Waals surface area (Å²) in [5.41, 5.74) is 1.42. The topological polar surface area (TPSA) is 95.8 Å². The third-order valence-electron chi connectivity index (χ3n) is 4.91. The van der Waals surface area contributed by atoms with E-state index in [4.69, 9.17) is 0 Å². The first-order valence-corrected chi connectivity index (χ1v) is 9.74. The molecule has 4 amide bonds. The van der Waals surface area contributed by atoms with Gasteiger partial charge in [0, 0.05) is 29.0 Å². The van der Waals surface area contributed by atoms with Crippen molar-refractivity contribution >= 4 is 39.8 Å². The number of carbonyl (C=O) groups excluding carboxylic acids is 3. The summed E-state index contributed by atoms with van der Waals surface area (Å²) >= 11 is 1.56. The van der Waals surface area contributed by atoms with Crippen LogP contribution in [0.4, 0.5) is 10.5 Å². The Morgan fingerprint density at radius 1 is 1.29 bits per heavy atom. The van der Waals surface area contributed by atoms with Crippen molar-refractivity contribution in [3.05, 3.63) is 42.0 Å². The summed E-state index contributed by atoms with van der Waals surface area (Å²) in [6, 6.07) is 6.72. The molecule has 144 valence electrons. The van der Waals surface area contributed by atoms with Gasteiger partial charge in [0.1, 0.15) is 12.1 Å². The van der Waals surface area contributed by atoms with Crippen LogP contribution < -0.4 is 10.6 Å². The van der Waals surface area contributed by atoms with Crippen LogP contribution in [0.3, 0.4) is 0 Å². The number of rotatable bonds is 5. The summed E-state index contributed by atoms with van der Waals surface area (Å²) < 4.78 is 1.96. The van der Waals surface area contributed by atoms with E-state index in [1.54, 1.807) is 30.4 Å². The minimum absolute atomic E-state index is 0.320. The molecule has 2 aromatic heterocycles.